The highest BCUT2D eigenvalue weighted by Crippen LogP contribution is 2.23. The zero-order valence-electron chi connectivity index (χ0n) is 16.4. The van der Waals surface area contributed by atoms with Gasteiger partial charge in [-0.05, 0) is 61.0 Å². The number of halogens is 1. The summed E-state index contributed by atoms with van der Waals surface area (Å²) < 4.78 is 6.43. The Bertz CT molecular complexity index is 872. The smallest absolute Gasteiger partial charge is 0.261 e. The van der Waals surface area contributed by atoms with E-state index < -0.39 is 0 Å². The number of ether oxygens (including phenoxy) is 1. The van der Waals surface area contributed by atoms with Crippen LogP contribution in [-0.2, 0) is 11.2 Å². The maximum Gasteiger partial charge on any atom is 0.261 e. The SMILES string of the molecule is CCCOc1ccc(Br)cc1C(=O)NC(=S)Nc1ccc(CCC(=O)NC)cc1. The van der Waals surface area contributed by atoms with Crippen molar-refractivity contribution in [1.82, 2.24) is 10.6 Å². The maximum absolute atomic E-state index is 12.6. The van der Waals surface area contributed by atoms with E-state index in [1.54, 1.807) is 19.2 Å². The molecule has 2 aromatic carbocycles. The van der Waals surface area contributed by atoms with Crippen LogP contribution in [0.25, 0.3) is 0 Å². The molecule has 0 radical (unpaired) electrons. The third kappa shape index (κ3) is 7.47. The summed E-state index contributed by atoms with van der Waals surface area (Å²) in [5.74, 6) is 0.166. The van der Waals surface area contributed by atoms with Crippen molar-refractivity contribution in [1.29, 1.82) is 0 Å². The van der Waals surface area contributed by atoms with Crippen molar-refractivity contribution >= 4 is 50.8 Å². The summed E-state index contributed by atoms with van der Waals surface area (Å²) >= 11 is 8.64. The quantitative estimate of drug-likeness (QED) is 0.499. The van der Waals surface area contributed by atoms with E-state index in [4.69, 9.17) is 17.0 Å². The maximum atomic E-state index is 12.6. The Balaban J connectivity index is 1.96. The van der Waals surface area contributed by atoms with E-state index in [0.29, 0.717) is 30.8 Å². The van der Waals surface area contributed by atoms with Crippen molar-refractivity contribution in [3.05, 3.63) is 58.1 Å². The molecule has 0 unspecified atom stereocenters. The van der Waals surface area contributed by atoms with Crippen LogP contribution in [0.15, 0.2) is 46.9 Å². The minimum Gasteiger partial charge on any atom is -0.493 e. The molecule has 0 aliphatic carbocycles. The van der Waals surface area contributed by atoms with Gasteiger partial charge in [-0.25, -0.2) is 0 Å². The molecule has 0 aliphatic heterocycles. The van der Waals surface area contributed by atoms with E-state index in [-0.39, 0.29) is 16.9 Å². The van der Waals surface area contributed by atoms with Gasteiger partial charge in [0.15, 0.2) is 5.11 Å². The van der Waals surface area contributed by atoms with Crippen LogP contribution in [0.4, 0.5) is 5.69 Å². The van der Waals surface area contributed by atoms with Crippen LogP contribution in [0.2, 0.25) is 0 Å². The molecule has 0 saturated heterocycles. The highest BCUT2D eigenvalue weighted by atomic mass is 79.9. The average Bonchev–Trinajstić information content (AvgIpc) is 2.71. The molecular formula is C21H24BrN3O3S. The van der Waals surface area contributed by atoms with Gasteiger partial charge in [-0.3, -0.25) is 14.9 Å². The lowest BCUT2D eigenvalue weighted by molar-refractivity contribution is -0.120. The summed E-state index contributed by atoms with van der Waals surface area (Å²) in [6, 6.07) is 12.8. The van der Waals surface area contributed by atoms with Crippen LogP contribution in [0.1, 0.15) is 35.7 Å². The number of carbonyl (C=O) groups is 2. The van der Waals surface area contributed by atoms with Crippen molar-refractivity contribution < 1.29 is 14.3 Å². The lowest BCUT2D eigenvalue weighted by atomic mass is 10.1. The van der Waals surface area contributed by atoms with Crippen molar-refractivity contribution in [2.24, 2.45) is 0 Å². The number of rotatable bonds is 8. The van der Waals surface area contributed by atoms with Gasteiger partial charge in [0.1, 0.15) is 5.75 Å². The van der Waals surface area contributed by atoms with Crippen LogP contribution >= 0.6 is 28.1 Å². The molecule has 6 nitrogen and oxygen atoms in total. The van der Waals surface area contributed by atoms with Gasteiger partial charge in [0.05, 0.1) is 12.2 Å². The van der Waals surface area contributed by atoms with E-state index in [2.05, 4.69) is 31.9 Å². The van der Waals surface area contributed by atoms with Gasteiger partial charge in [-0.1, -0.05) is 35.0 Å². The highest BCUT2D eigenvalue weighted by molar-refractivity contribution is 9.10. The van der Waals surface area contributed by atoms with Gasteiger partial charge >= 0.3 is 0 Å². The first-order valence-corrected chi connectivity index (χ1v) is 10.5. The molecule has 2 rings (SSSR count). The molecule has 3 N–H and O–H groups in total. The lowest BCUT2D eigenvalue weighted by Crippen LogP contribution is -2.34. The van der Waals surface area contributed by atoms with Gasteiger partial charge < -0.3 is 15.4 Å². The number of amides is 2. The largest absolute Gasteiger partial charge is 0.493 e. The minimum atomic E-state index is -0.350. The molecule has 2 aromatic rings. The molecule has 0 fully saturated rings. The van der Waals surface area contributed by atoms with Gasteiger partial charge in [0, 0.05) is 23.6 Å². The standard InChI is InChI=1S/C21H24BrN3O3S/c1-3-12-28-18-10-7-15(22)13-17(18)20(27)25-21(29)24-16-8-4-14(5-9-16)6-11-19(26)23-2/h4-5,7-10,13H,3,6,11-12H2,1-2H3,(H,23,26)(H2,24,25,27,29). The number of aryl methyl sites for hydroxylation is 1. The Morgan fingerprint density at radius 3 is 2.52 bits per heavy atom. The average molecular weight is 478 g/mol. The summed E-state index contributed by atoms with van der Waals surface area (Å²) in [5.41, 5.74) is 2.19. The Kier molecular flexibility index (Phi) is 9.08. The monoisotopic (exact) mass is 477 g/mol. The van der Waals surface area contributed by atoms with E-state index in [1.807, 2.05) is 37.3 Å². The van der Waals surface area contributed by atoms with Crippen LogP contribution in [0.5, 0.6) is 5.75 Å². The molecule has 154 valence electrons. The fourth-order valence-corrected chi connectivity index (χ4v) is 3.06. The predicted molar refractivity (Wildman–Crippen MR) is 122 cm³/mol. The topological polar surface area (TPSA) is 79.5 Å². The second-order valence-electron chi connectivity index (χ2n) is 6.27. The van der Waals surface area contributed by atoms with Gasteiger partial charge in [0.2, 0.25) is 5.91 Å². The summed E-state index contributed by atoms with van der Waals surface area (Å²) in [6.07, 6.45) is 1.94. The highest BCUT2D eigenvalue weighted by Gasteiger charge is 2.15. The van der Waals surface area contributed by atoms with Crippen molar-refractivity contribution in [2.75, 3.05) is 19.0 Å². The first-order valence-electron chi connectivity index (χ1n) is 9.27. The molecule has 0 aromatic heterocycles. The predicted octanol–water partition coefficient (Wildman–Crippen LogP) is 4.04. The molecule has 2 amide bonds. The summed E-state index contributed by atoms with van der Waals surface area (Å²) in [6.45, 7) is 2.53. The van der Waals surface area contributed by atoms with Gasteiger partial charge in [-0.2, -0.15) is 0 Å². The molecule has 0 heterocycles. The lowest BCUT2D eigenvalue weighted by Gasteiger charge is -2.13. The Hall–Kier alpha value is -2.45. The fourth-order valence-electron chi connectivity index (χ4n) is 2.49. The van der Waals surface area contributed by atoms with Gasteiger partial charge in [-0.15, -0.1) is 0 Å². The minimum absolute atomic E-state index is 0.00549. The van der Waals surface area contributed by atoms with E-state index >= 15 is 0 Å². The Morgan fingerprint density at radius 1 is 1.14 bits per heavy atom. The van der Waals surface area contributed by atoms with Crippen molar-refractivity contribution in [3.63, 3.8) is 0 Å². The first kappa shape index (κ1) is 22.8. The van der Waals surface area contributed by atoms with Crippen LogP contribution in [0, 0.1) is 0 Å². The van der Waals surface area contributed by atoms with Crippen molar-refractivity contribution in [2.45, 2.75) is 26.2 Å². The Labute approximate surface area is 184 Å². The fraction of sp³-hybridized carbons (Fsp3) is 0.286. The van der Waals surface area contributed by atoms with Crippen LogP contribution in [-0.4, -0.2) is 30.6 Å². The van der Waals surface area contributed by atoms with E-state index in [9.17, 15) is 9.59 Å². The molecule has 29 heavy (non-hydrogen) atoms. The van der Waals surface area contributed by atoms with Crippen molar-refractivity contribution in [3.8, 4) is 5.75 Å². The number of hydrogen-bond acceptors (Lipinski definition) is 4. The zero-order valence-corrected chi connectivity index (χ0v) is 18.8. The number of carbonyl (C=O) groups excluding carboxylic acids is 2. The third-order valence-electron chi connectivity index (χ3n) is 4.01. The van der Waals surface area contributed by atoms with Crippen LogP contribution in [0.3, 0.4) is 0 Å². The number of hydrogen-bond donors (Lipinski definition) is 3. The molecule has 0 spiro atoms. The molecule has 0 saturated carbocycles. The second kappa shape index (κ2) is 11.5. The number of anilines is 1. The normalized spacial score (nSPS) is 10.2. The number of thiocarbonyl (C=S) groups is 1. The number of nitrogens with one attached hydrogen (secondary N) is 3. The molecule has 0 atom stereocenters. The summed E-state index contributed by atoms with van der Waals surface area (Å²) in [4.78, 5) is 24.0. The number of benzene rings is 2. The second-order valence-corrected chi connectivity index (χ2v) is 7.59. The van der Waals surface area contributed by atoms with E-state index in [1.165, 1.54) is 0 Å². The molecule has 0 aliphatic rings. The molecule has 8 heteroatoms. The van der Waals surface area contributed by atoms with Gasteiger partial charge in [0.25, 0.3) is 5.91 Å². The third-order valence-corrected chi connectivity index (χ3v) is 4.70. The van der Waals surface area contributed by atoms with E-state index in [0.717, 1.165) is 22.1 Å². The zero-order chi connectivity index (χ0) is 21.2. The molecule has 0 bridgehead atoms. The summed E-state index contributed by atoms with van der Waals surface area (Å²) in [5, 5.41) is 8.46. The van der Waals surface area contributed by atoms with Crippen LogP contribution < -0.4 is 20.7 Å². The Morgan fingerprint density at radius 2 is 1.86 bits per heavy atom. The first-order chi connectivity index (χ1) is 13.9. The summed E-state index contributed by atoms with van der Waals surface area (Å²) in [7, 11) is 1.62. The molecular weight excluding hydrogens is 454 g/mol.